The Morgan fingerprint density at radius 1 is 1.12 bits per heavy atom. The molecule has 2 aromatic rings. The number of carboxylic acid groups (broad SMARTS) is 1. The van der Waals surface area contributed by atoms with Crippen molar-refractivity contribution in [2.24, 2.45) is 5.92 Å². The Labute approximate surface area is 200 Å². The van der Waals surface area contributed by atoms with Crippen molar-refractivity contribution in [1.29, 1.82) is 0 Å². The van der Waals surface area contributed by atoms with Gasteiger partial charge in [0.2, 0.25) is 0 Å². The molecule has 0 spiro atoms. The Kier molecular flexibility index (Phi) is 7.75. The third kappa shape index (κ3) is 5.90. The molecule has 2 saturated carbocycles. The third-order valence-corrected chi connectivity index (χ3v) is 7.10. The molecule has 8 nitrogen and oxygen atoms in total. The number of aromatic nitrogens is 1. The molecule has 0 bridgehead atoms. The second kappa shape index (κ2) is 10.9. The quantitative estimate of drug-likeness (QED) is 0.538. The SMILES string of the molecule is Cc1noc(-c2ccc(O[C@@H]3CCC[C@@H](CC(=O)O)C3)cc2)c1COC(=O)N(C)C1CCCC1. The smallest absolute Gasteiger partial charge is 0.410 e. The summed E-state index contributed by atoms with van der Waals surface area (Å²) >= 11 is 0. The van der Waals surface area contributed by atoms with Crippen molar-refractivity contribution in [1.82, 2.24) is 10.1 Å². The first-order valence-electron chi connectivity index (χ1n) is 12.2. The first kappa shape index (κ1) is 24.1. The van der Waals surface area contributed by atoms with Gasteiger partial charge in [-0.1, -0.05) is 18.0 Å². The fourth-order valence-electron chi connectivity index (χ4n) is 5.12. The van der Waals surface area contributed by atoms with Gasteiger partial charge in [-0.2, -0.15) is 0 Å². The number of aliphatic carboxylic acids is 1. The molecular formula is C26H34N2O6. The Morgan fingerprint density at radius 2 is 1.85 bits per heavy atom. The topological polar surface area (TPSA) is 102 Å². The van der Waals surface area contributed by atoms with Crippen LogP contribution < -0.4 is 4.74 Å². The molecule has 0 aliphatic heterocycles. The van der Waals surface area contributed by atoms with Crippen LogP contribution in [0.4, 0.5) is 4.79 Å². The number of carboxylic acids is 1. The van der Waals surface area contributed by atoms with Crippen LogP contribution in [0.1, 0.15) is 69.0 Å². The fraction of sp³-hybridized carbons (Fsp3) is 0.577. The van der Waals surface area contributed by atoms with E-state index in [9.17, 15) is 9.59 Å². The second-order valence-electron chi connectivity index (χ2n) is 9.57. The second-order valence-corrected chi connectivity index (χ2v) is 9.57. The summed E-state index contributed by atoms with van der Waals surface area (Å²) < 4.78 is 17.3. The van der Waals surface area contributed by atoms with Crippen molar-refractivity contribution in [3.63, 3.8) is 0 Å². The van der Waals surface area contributed by atoms with E-state index < -0.39 is 5.97 Å². The van der Waals surface area contributed by atoms with Crippen LogP contribution in [-0.4, -0.2) is 46.4 Å². The first-order chi connectivity index (χ1) is 16.4. The molecule has 0 saturated heterocycles. The molecule has 1 aromatic carbocycles. The lowest BCUT2D eigenvalue weighted by Crippen LogP contribution is -2.35. The number of carbonyl (C=O) groups excluding carboxylic acids is 1. The summed E-state index contributed by atoms with van der Waals surface area (Å²) in [6.45, 7) is 1.94. The van der Waals surface area contributed by atoms with E-state index in [1.165, 1.54) is 0 Å². The van der Waals surface area contributed by atoms with Crippen LogP contribution >= 0.6 is 0 Å². The van der Waals surface area contributed by atoms with Gasteiger partial charge >= 0.3 is 12.1 Å². The van der Waals surface area contributed by atoms with Crippen LogP contribution in [0.25, 0.3) is 11.3 Å². The van der Waals surface area contributed by atoms with Crippen LogP contribution in [0.3, 0.4) is 0 Å². The number of hydrogen-bond acceptors (Lipinski definition) is 6. The molecule has 2 aliphatic carbocycles. The number of amides is 1. The number of benzene rings is 1. The molecule has 1 aromatic heterocycles. The highest BCUT2D eigenvalue weighted by atomic mass is 16.6. The molecule has 2 aliphatic rings. The van der Waals surface area contributed by atoms with Gasteiger partial charge in [-0.25, -0.2) is 4.79 Å². The van der Waals surface area contributed by atoms with E-state index in [0.717, 1.165) is 68.2 Å². The maximum absolute atomic E-state index is 12.5. The lowest BCUT2D eigenvalue weighted by molar-refractivity contribution is -0.138. The van der Waals surface area contributed by atoms with Crippen molar-refractivity contribution >= 4 is 12.1 Å². The normalized spacial score (nSPS) is 20.8. The van der Waals surface area contributed by atoms with Gasteiger partial charge in [0.05, 0.1) is 17.4 Å². The lowest BCUT2D eigenvalue weighted by atomic mass is 9.85. The minimum atomic E-state index is -0.746. The standard InChI is InChI=1S/C26H34N2O6/c1-17-23(16-32-26(31)28(2)20-7-3-4-8-20)25(34-27-17)19-10-12-21(13-11-19)33-22-9-5-6-18(14-22)15-24(29)30/h10-13,18,20,22H,3-9,14-16H2,1-2H3,(H,29,30)/t18-,22-/m1/s1. The van der Waals surface area contributed by atoms with Gasteiger partial charge in [0.15, 0.2) is 5.76 Å². The minimum Gasteiger partial charge on any atom is -0.490 e. The number of aryl methyl sites for hydroxylation is 1. The predicted octanol–water partition coefficient (Wildman–Crippen LogP) is 5.57. The summed E-state index contributed by atoms with van der Waals surface area (Å²) in [6, 6.07) is 7.84. The van der Waals surface area contributed by atoms with Gasteiger partial charge in [-0.15, -0.1) is 0 Å². The molecule has 2 atom stereocenters. The first-order valence-corrected chi connectivity index (χ1v) is 12.2. The van der Waals surface area contributed by atoms with Crippen molar-refractivity contribution in [3.05, 3.63) is 35.5 Å². The van der Waals surface area contributed by atoms with Crippen molar-refractivity contribution < 1.29 is 28.7 Å². The Bertz CT molecular complexity index is 980. The van der Waals surface area contributed by atoms with Gasteiger partial charge in [0, 0.05) is 25.1 Å². The number of ether oxygens (including phenoxy) is 2. The van der Waals surface area contributed by atoms with Crippen molar-refractivity contribution in [2.75, 3.05) is 7.05 Å². The molecule has 2 fully saturated rings. The number of nitrogens with zero attached hydrogens (tertiary/aromatic N) is 2. The highest BCUT2D eigenvalue weighted by molar-refractivity contribution is 5.69. The molecule has 8 heteroatoms. The molecule has 1 N–H and O–H groups in total. The molecule has 1 heterocycles. The molecule has 0 radical (unpaired) electrons. The van der Waals surface area contributed by atoms with Crippen molar-refractivity contribution in [2.45, 2.75) is 83.5 Å². The zero-order chi connectivity index (χ0) is 24.1. The lowest BCUT2D eigenvalue weighted by Gasteiger charge is -2.28. The Morgan fingerprint density at radius 3 is 2.56 bits per heavy atom. The number of rotatable bonds is 8. The van der Waals surface area contributed by atoms with Gasteiger partial charge < -0.3 is 24.0 Å². The Hall–Kier alpha value is -3.03. The average molecular weight is 471 g/mol. The van der Waals surface area contributed by atoms with E-state index in [4.69, 9.17) is 19.1 Å². The summed E-state index contributed by atoms with van der Waals surface area (Å²) in [5.74, 6) is 0.751. The van der Waals surface area contributed by atoms with E-state index in [0.29, 0.717) is 11.5 Å². The minimum absolute atomic E-state index is 0.0308. The van der Waals surface area contributed by atoms with Crippen LogP contribution in [0.2, 0.25) is 0 Å². The molecule has 4 rings (SSSR count). The van der Waals surface area contributed by atoms with Crippen LogP contribution in [0, 0.1) is 12.8 Å². The van der Waals surface area contributed by atoms with E-state index in [1.54, 1.807) is 11.9 Å². The van der Waals surface area contributed by atoms with Crippen LogP contribution in [-0.2, 0) is 16.1 Å². The molecule has 184 valence electrons. The summed E-state index contributed by atoms with van der Waals surface area (Å²) in [5.41, 5.74) is 2.28. The van der Waals surface area contributed by atoms with Gasteiger partial charge in [0.1, 0.15) is 12.4 Å². The van der Waals surface area contributed by atoms with Gasteiger partial charge in [0.25, 0.3) is 0 Å². The summed E-state index contributed by atoms with van der Waals surface area (Å²) in [7, 11) is 1.80. The van der Waals surface area contributed by atoms with Gasteiger partial charge in [-0.05, 0) is 75.6 Å². The zero-order valence-corrected chi connectivity index (χ0v) is 20.0. The molecule has 1 amide bonds. The number of carbonyl (C=O) groups is 2. The van der Waals surface area contributed by atoms with E-state index in [1.807, 2.05) is 31.2 Å². The molecule has 34 heavy (non-hydrogen) atoms. The molecular weight excluding hydrogens is 436 g/mol. The van der Waals surface area contributed by atoms with Gasteiger partial charge in [-0.3, -0.25) is 4.79 Å². The van der Waals surface area contributed by atoms with Crippen LogP contribution in [0.5, 0.6) is 5.75 Å². The maximum Gasteiger partial charge on any atom is 0.410 e. The van der Waals surface area contributed by atoms with E-state index >= 15 is 0 Å². The van der Waals surface area contributed by atoms with E-state index in [2.05, 4.69) is 5.16 Å². The van der Waals surface area contributed by atoms with E-state index in [-0.39, 0.29) is 37.2 Å². The third-order valence-electron chi connectivity index (χ3n) is 7.10. The summed E-state index contributed by atoms with van der Waals surface area (Å²) in [6.07, 6.45) is 7.89. The Balaban J connectivity index is 1.36. The zero-order valence-electron chi connectivity index (χ0n) is 20.0. The van der Waals surface area contributed by atoms with Crippen molar-refractivity contribution in [3.8, 4) is 17.1 Å². The summed E-state index contributed by atoms with van der Waals surface area (Å²) in [5, 5.41) is 13.1. The predicted molar refractivity (Wildman–Crippen MR) is 126 cm³/mol. The molecule has 0 unspecified atom stereocenters. The largest absolute Gasteiger partial charge is 0.490 e. The maximum atomic E-state index is 12.5. The number of hydrogen-bond donors (Lipinski definition) is 1. The summed E-state index contributed by atoms with van der Waals surface area (Å²) in [4.78, 5) is 25.2. The highest BCUT2D eigenvalue weighted by Gasteiger charge is 2.26. The fourth-order valence-corrected chi connectivity index (χ4v) is 5.12. The average Bonchev–Trinajstić information content (AvgIpc) is 3.47. The highest BCUT2D eigenvalue weighted by Crippen LogP contribution is 2.32. The monoisotopic (exact) mass is 470 g/mol. The van der Waals surface area contributed by atoms with Crippen LogP contribution in [0.15, 0.2) is 28.8 Å².